The summed E-state index contributed by atoms with van der Waals surface area (Å²) in [5, 5.41) is 6.30. The molecule has 154 valence electrons. The van der Waals surface area contributed by atoms with Gasteiger partial charge in [0, 0.05) is 26.2 Å². The van der Waals surface area contributed by atoms with Gasteiger partial charge in [-0.1, -0.05) is 6.07 Å². The van der Waals surface area contributed by atoms with Crippen LogP contribution in [0.5, 0.6) is 5.75 Å². The van der Waals surface area contributed by atoms with Crippen molar-refractivity contribution in [1.29, 1.82) is 0 Å². The first kappa shape index (κ1) is 23.8. The number of alkyl halides is 3. The molecule has 1 saturated heterocycles. The van der Waals surface area contributed by atoms with E-state index >= 15 is 0 Å². The molecule has 0 bridgehead atoms. The molecule has 1 aliphatic heterocycles. The molecule has 9 heteroatoms. The van der Waals surface area contributed by atoms with Crippen LogP contribution in [-0.4, -0.2) is 62.9 Å². The molecule has 2 rings (SSSR count). The average Bonchev–Trinajstić information content (AvgIpc) is 2.94. The summed E-state index contributed by atoms with van der Waals surface area (Å²) >= 11 is 0. The van der Waals surface area contributed by atoms with E-state index in [0.717, 1.165) is 16.9 Å². The number of hydrogen-bond donors (Lipinski definition) is 2. The summed E-state index contributed by atoms with van der Waals surface area (Å²) in [6.07, 6.45) is -3.49. The maximum Gasteiger partial charge on any atom is 0.401 e. The highest BCUT2D eigenvalue weighted by Crippen LogP contribution is 2.20. The van der Waals surface area contributed by atoms with Crippen molar-refractivity contribution >= 4 is 29.9 Å². The van der Waals surface area contributed by atoms with E-state index in [1.54, 1.807) is 7.05 Å². The van der Waals surface area contributed by atoms with Gasteiger partial charge in [-0.05, 0) is 43.5 Å². The van der Waals surface area contributed by atoms with Gasteiger partial charge in [0.05, 0.1) is 13.1 Å². The standard InChI is InChI=1S/C18H27F3N4O.HI/c1-13-8-14(2)10-16(9-13)26-7-5-23-17(22-3)24-15-4-6-25(11-15)12-18(19,20)21;/h8-10,15H,4-7,11-12H2,1-3H3,(H2,22,23,24);1H. The van der Waals surface area contributed by atoms with E-state index in [1.165, 1.54) is 4.90 Å². The predicted octanol–water partition coefficient (Wildman–Crippen LogP) is 3.10. The fourth-order valence-electron chi connectivity index (χ4n) is 3.09. The molecule has 0 amide bonds. The van der Waals surface area contributed by atoms with E-state index < -0.39 is 12.7 Å². The lowest BCUT2D eigenvalue weighted by Gasteiger charge is -2.20. The molecule has 0 radical (unpaired) electrons. The summed E-state index contributed by atoms with van der Waals surface area (Å²) in [5.41, 5.74) is 2.30. The summed E-state index contributed by atoms with van der Waals surface area (Å²) in [4.78, 5) is 5.53. The van der Waals surface area contributed by atoms with Crippen LogP contribution in [-0.2, 0) is 0 Å². The van der Waals surface area contributed by atoms with Gasteiger partial charge in [0.2, 0.25) is 0 Å². The summed E-state index contributed by atoms with van der Waals surface area (Å²) in [6, 6.07) is 6.01. The quantitative estimate of drug-likeness (QED) is 0.273. The molecular weight excluding hydrogens is 472 g/mol. The van der Waals surface area contributed by atoms with Crippen LogP contribution in [0, 0.1) is 13.8 Å². The van der Waals surface area contributed by atoms with E-state index in [2.05, 4.69) is 21.7 Å². The normalized spacial score (nSPS) is 18.1. The number of guanidine groups is 1. The molecule has 2 N–H and O–H groups in total. The Morgan fingerprint density at radius 1 is 1.26 bits per heavy atom. The second-order valence-corrected chi connectivity index (χ2v) is 6.65. The highest BCUT2D eigenvalue weighted by atomic mass is 127. The molecule has 1 fully saturated rings. The lowest BCUT2D eigenvalue weighted by atomic mass is 10.1. The molecule has 1 aliphatic rings. The number of likely N-dealkylation sites (tertiary alicyclic amines) is 1. The maximum absolute atomic E-state index is 12.4. The Balaban J connectivity index is 0.00000364. The molecule has 5 nitrogen and oxygen atoms in total. The van der Waals surface area contributed by atoms with Gasteiger partial charge in [0.25, 0.3) is 0 Å². The Bertz CT molecular complexity index is 605. The number of ether oxygens (including phenoxy) is 1. The molecule has 0 aliphatic carbocycles. The SMILES string of the molecule is CN=C(NCCOc1cc(C)cc(C)c1)NC1CCN(CC(F)(F)F)C1.I. The van der Waals surface area contributed by atoms with Gasteiger partial charge in [-0.3, -0.25) is 9.89 Å². The summed E-state index contributed by atoms with van der Waals surface area (Å²) in [7, 11) is 1.64. The van der Waals surface area contributed by atoms with Gasteiger partial charge in [-0.15, -0.1) is 24.0 Å². The minimum Gasteiger partial charge on any atom is -0.492 e. The Morgan fingerprint density at radius 2 is 1.93 bits per heavy atom. The molecular formula is C18H28F3IN4O. The third kappa shape index (κ3) is 9.00. The highest BCUT2D eigenvalue weighted by molar-refractivity contribution is 14.0. The maximum atomic E-state index is 12.4. The molecule has 0 spiro atoms. The summed E-state index contributed by atoms with van der Waals surface area (Å²) in [6.45, 7) is 4.99. The molecule has 0 saturated carbocycles. The van der Waals surface area contributed by atoms with Crippen molar-refractivity contribution < 1.29 is 17.9 Å². The molecule has 1 aromatic rings. The number of benzene rings is 1. The zero-order chi connectivity index (χ0) is 19.2. The van der Waals surface area contributed by atoms with Gasteiger partial charge in [-0.2, -0.15) is 13.2 Å². The molecule has 0 aromatic heterocycles. The average molecular weight is 500 g/mol. The summed E-state index contributed by atoms with van der Waals surface area (Å²) in [5.74, 6) is 1.40. The number of rotatable bonds is 6. The lowest BCUT2D eigenvalue weighted by molar-refractivity contribution is -0.143. The number of nitrogens with zero attached hydrogens (tertiary/aromatic N) is 2. The van der Waals surface area contributed by atoms with Crippen LogP contribution in [0.1, 0.15) is 17.5 Å². The summed E-state index contributed by atoms with van der Waals surface area (Å²) < 4.78 is 43.1. The first-order chi connectivity index (χ1) is 12.2. The molecule has 1 atom stereocenters. The second-order valence-electron chi connectivity index (χ2n) is 6.65. The Morgan fingerprint density at radius 3 is 2.52 bits per heavy atom. The minimum atomic E-state index is -4.15. The van der Waals surface area contributed by atoms with Crippen molar-refractivity contribution in [3.05, 3.63) is 29.3 Å². The van der Waals surface area contributed by atoms with Crippen LogP contribution in [0.15, 0.2) is 23.2 Å². The van der Waals surface area contributed by atoms with Crippen molar-refractivity contribution in [2.45, 2.75) is 32.5 Å². The monoisotopic (exact) mass is 500 g/mol. The number of aliphatic imine (C=N–C) groups is 1. The van der Waals surface area contributed by atoms with Crippen LogP contribution in [0.2, 0.25) is 0 Å². The first-order valence-electron chi connectivity index (χ1n) is 8.72. The van der Waals surface area contributed by atoms with Crippen molar-refractivity contribution in [2.75, 3.05) is 39.8 Å². The molecule has 27 heavy (non-hydrogen) atoms. The Hall–Kier alpha value is -1.23. The number of halogens is 4. The van der Waals surface area contributed by atoms with Crippen molar-refractivity contribution in [3.63, 3.8) is 0 Å². The first-order valence-corrected chi connectivity index (χ1v) is 8.72. The number of aryl methyl sites for hydroxylation is 2. The van der Waals surface area contributed by atoms with Crippen molar-refractivity contribution in [1.82, 2.24) is 15.5 Å². The van der Waals surface area contributed by atoms with Crippen LogP contribution in [0.25, 0.3) is 0 Å². The minimum absolute atomic E-state index is 0. The lowest BCUT2D eigenvalue weighted by Crippen LogP contribution is -2.46. The van der Waals surface area contributed by atoms with E-state index in [1.807, 2.05) is 26.0 Å². The van der Waals surface area contributed by atoms with E-state index in [9.17, 15) is 13.2 Å². The third-order valence-corrected chi connectivity index (χ3v) is 4.10. The second kappa shape index (κ2) is 10.9. The van der Waals surface area contributed by atoms with E-state index in [-0.39, 0.29) is 30.0 Å². The van der Waals surface area contributed by atoms with Crippen LogP contribution in [0.3, 0.4) is 0 Å². The zero-order valence-electron chi connectivity index (χ0n) is 15.9. The number of nitrogens with one attached hydrogen (secondary N) is 2. The Kier molecular flexibility index (Phi) is 9.65. The van der Waals surface area contributed by atoms with Crippen LogP contribution in [0.4, 0.5) is 13.2 Å². The van der Waals surface area contributed by atoms with Gasteiger partial charge in [0.1, 0.15) is 12.4 Å². The Labute approximate surface area is 175 Å². The fraction of sp³-hybridized carbons (Fsp3) is 0.611. The number of hydrogen-bond acceptors (Lipinski definition) is 3. The van der Waals surface area contributed by atoms with E-state index in [4.69, 9.17) is 4.74 Å². The van der Waals surface area contributed by atoms with Gasteiger partial charge < -0.3 is 15.4 Å². The van der Waals surface area contributed by atoms with Crippen molar-refractivity contribution in [2.24, 2.45) is 4.99 Å². The van der Waals surface area contributed by atoms with Gasteiger partial charge in [0.15, 0.2) is 5.96 Å². The fourth-order valence-corrected chi connectivity index (χ4v) is 3.09. The van der Waals surface area contributed by atoms with Gasteiger partial charge in [-0.25, -0.2) is 0 Å². The topological polar surface area (TPSA) is 48.9 Å². The highest BCUT2D eigenvalue weighted by Gasteiger charge is 2.34. The smallest absolute Gasteiger partial charge is 0.401 e. The third-order valence-electron chi connectivity index (χ3n) is 4.10. The van der Waals surface area contributed by atoms with Crippen LogP contribution < -0.4 is 15.4 Å². The van der Waals surface area contributed by atoms with Crippen molar-refractivity contribution in [3.8, 4) is 5.75 Å². The predicted molar refractivity (Wildman–Crippen MR) is 112 cm³/mol. The van der Waals surface area contributed by atoms with E-state index in [0.29, 0.717) is 38.6 Å². The molecule has 1 aromatic carbocycles. The van der Waals surface area contributed by atoms with Crippen LogP contribution >= 0.6 is 24.0 Å². The molecule has 1 heterocycles. The molecule has 1 unspecified atom stereocenters. The largest absolute Gasteiger partial charge is 0.492 e. The zero-order valence-corrected chi connectivity index (χ0v) is 18.2. The van der Waals surface area contributed by atoms with Gasteiger partial charge >= 0.3 is 6.18 Å².